The molecule has 0 aromatic carbocycles. The zero-order chi connectivity index (χ0) is 24.4. The molecular formula is C24H40N6O2S. The van der Waals surface area contributed by atoms with Crippen molar-refractivity contribution in [1.29, 1.82) is 0 Å². The lowest BCUT2D eigenvalue weighted by Gasteiger charge is -2.24. The summed E-state index contributed by atoms with van der Waals surface area (Å²) in [7, 11) is 0. The number of nitrogens with two attached hydrogens (primary N) is 2. The van der Waals surface area contributed by atoms with Crippen molar-refractivity contribution in [3.63, 3.8) is 0 Å². The smallest absolute Gasteiger partial charge is 0.250 e. The zero-order valence-electron chi connectivity index (χ0n) is 20.5. The summed E-state index contributed by atoms with van der Waals surface area (Å²) >= 11 is 1.62. The number of nitrogens with one attached hydrogen (secondary N) is 2. The summed E-state index contributed by atoms with van der Waals surface area (Å²) in [5.74, 6) is 0.479. The van der Waals surface area contributed by atoms with Gasteiger partial charge in [-0.25, -0.2) is 4.99 Å². The van der Waals surface area contributed by atoms with Gasteiger partial charge in [0.05, 0.1) is 10.6 Å². The van der Waals surface area contributed by atoms with Gasteiger partial charge in [-0.3, -0.25) is 9.59 Å². The molecule has 1 aromatic rings. The Kier molecular flexibility index (Phi) is 10.5. The van der Waals surface area contributed by atoms with Crippen molar-refractivity contribution in [2.45, 2.75) is 59.9 Å². The maximum absolute atomic E-state index is 13.4. The molecule has 2 amide bonds. The van der Waals surface area contributed by atoms with Gasteiger partial charge in [-0.05, 0) is 30.4 Å². The monoisotopic (exact) mass is 476 g/mol. The molecule has 6 N–H and O–H groups in total. The lowest BCUT2D eigenvalue weighted by molar-refractivity contribution is -0.127. The van der Waals surface area contributed by atoms with E-state index in [0.717, 1.165) is 28.4 Å². The van der Waals surface area contributed by atoms with Crippen LogP contribution in [0.25, 0.3) is 6.08 Å². The standard InChI is InChI=1S/C24H40N6O2S/c1-5-10-30(11-6-8-28-22(31)15-24(2,3)4)23(32)17-12-20-19(29-21(26)13-17)14-18(33-20)16-27-9-7-25/h12,14,27H,5-11,13,15-16,25H2,1-4H3,(H2,26,29)(H,28,31). The number of amidine groups is 1. The van der Waals surface area contributed by atoms with Crippen LogP contribution in [0.1, 0.15) is 63.1 Å². The van der Waals surface area contributed by atoms with Crippen LogP contribution in [0.2, 0.25) is 0 Å². The molecule has 1 aliphatic rings. The van der Waals surface area contributed by atoms with E-state index in [2.05, 4.69) is 22.5 Å². The molecule has 0 fully saturated rings. The minimum atomic E-state index is -0.0390. The predicted molar refractivity (Wildman–Crippen MR) is 138 cm³/mol. The highest BCUT2D eigenvalue weighted by atomic mass is 32.1. The lowest BCUT2D eigenvalue weighted by Crippen LogP contribution is -2.36. The molecule has 9 heteroatoms. The van der Waals surface area contributed by atoms with E-state index < -0.39 is 0 Å². The molecule has 0 unspecified atom stereocenters. The number of nitrogens with zero attached hydrogens (tertiary/aromatic N) is 2. The second-order valence-electron chi connectivity index (χ2n) is 9.61. The first kappa shape index (κ1) is 27.0. The summed E-state index contributed by atoms with van der Waals surface area (Å²) < 4.78 is 0. The molecular weight excluding hydrogens is 436 g/mol. The Bertz CT molecular complexity index is 869. The van der Waals surface area contributed by atoms with Crippen molar-refractivity contribution >= 4 is 40.8 Å². The third-order valence-electron chi connectivity index (χ3n) is 5.03. The average Bonchev–Trinajstić information content (AvgIpc) is 3.01. The van der Waals surface area contributed by atoms with Gasteiger partial charge in [-0.15, -0.1) is 11.3 Å². The largest absolute Gasteiger partial charge is 0.387 e. The summed E-state index contributed by atoms with van der Waals surface area (Å²) in [4.78, 5) is 33.9. The summed E-state index contributed by atoms with van der Waals surface area (Å²) in [6.07, 6.45) is 4.33. The molecule has 1 aliphatic heterocycles. The number of hydrogen-bond acceptors (Lipinski definition) is 7. The zero-order valence-corrected chi connectivity index (χ0v) is 21.3. The highest BCUT2D eigenvalue weighted by molar-refractivity contribution is 7.13. The van der Waals surface area contributed by atoms with Gasteiger partial charge >= 0.3 is 0 Å². The van der Waals surface area contributed by atoms with Gasteiger partial charge < -0.3 is 27.0 Å². The van der Waals surface area contributed by atoms with E-state index in [0.29, 0.717) is 63.4 Å². The van der Waals surface area contributed by atoms with Crippen molar-refractivity contribution in [2.24, 2.45) is 21.9 Å². The number of rotatable bonds is 12. The maximum Gasteiger partial charge on any atom is 0.250 e. The molecule has 0 bridgehead atoms. The second kappa shape index (κ2) is 12.9. The molecule has 0 radical (unpaired) electrons. The van der Waals surface area contributed by atoms with Gasteiger partial charge in [0, 0.05) is 62.6 Å². The number of hydrogen-bond donors (Lipinski definition) is 4. The molecule has 2 rings (SSSR count). The van der Waals surface area contributed by atoms with E-state index >= 15 is 0 Å². The van der Waals surface area contributed by atoms with Crippen LogP contribution in [-0.4, -0.2) is 55.3 Å². The Morgan fingerprint density at radius 1 is 1.24 bits per heavy atom. The minimum Gasteiger partial charge on any atom is -0.387 e. The van der Waals surface area contributed by atoms with E-state index in [1.165, 1.54) is 0 Å². The molecule has 2 heterocycles. The number of aliphatic imine (C=N–C) groups is 1. The summed E-state index contributed by atoms with van der Waals surface area (Å²) in [5, 5.41) is 6.25. The van der Waals surface area contributed by atoms with Gasteiger partial charge in [0.15, 0.2) is 0 Å². The highest BCUT2D eigenvalue weighted by Gasteiger charge is 2.22. The third kappa shape index (κ3) is 9.27. The first-order valence-electron chi connectivity index (χ1n) is 11.8. The van der Waals surface area contributed by atoms with Crippen molar-refractivity contribution < 1.29 is 9.59 Å². The molecule has 33 heavy (non-hydrogen) atoms. The van der Waals surface area contributed by atoms with E-state index in [1.54, 1.807) is 11.3 Å². The van der Waals surface area contributed by atoms with Gasteiger partial charge in [-0.1, -0.05) is 27.7 Å². The molecule has 0 aliphatic carbocycles. The van der Waals surface area contributed by atoms with Crippen molar-refractivity contribution in [3.05, 3.63) is 21.4 Å². The van der Waals surface area contributed by atoms with Crippen LogP contribution in [0.15, 0.2) is 16.6 Å². The van der Waals surface area contributed by atoms with E-state index in [9.17, 15) is 9.59 Å². The number of thiophene rings is 1. The van der Waals surface area contributed by atoms with Gasteiger partial charge in [0.1, 0.15) is 5.84 Å². The second-order valence-corrected chi connectivity index (χ2v) is 10.8. The Labute approximate surface area is 201 Å². The van der Waals surface area contributed by atoms with Gasteiger partial charge in [0.2, 0.25) is 11.8 Å². The topological polar surface area (TPSA) is 126 Å². The predicted octanol–water partition coefficient (Wildman–Crippen LogP) is 2.75. The Morgan fingerprint density at radius 2 is 2.00 bits per heavy atom. The SMILES string of the molecule is CCCN(CCCNC(=O)CC(C)(C)C)C(=O)C1=Cc2sc(CNCCN)cc2N=C(N)C1. The fourth-order valence-corrected chi connectivity index (χ4v) is 4.64. The molecule has 8 nitrogen and oxygen atoms in total. The molecule has 0 saturated carbocycles. The minimum absolute atomic E-state index is 0.0138. The van der Waals surface area contributed by atoms with E-state index in [4.69, 9.17) is 11.5 Å². The van der Waals surface area contributed by atoms with Gasteiger partial charge in [-0.2, -0.15) is 0 Å². The van der Waals surface area contributed by atoms with Crippen molar-refractivity contribution in [1.82, 2.24) is 15.5 Å². The number of fused-ring (bicyclic) bond motifs is 1. The van der Waals surface area contributed by atoms with E-state index in [-0.39, 0.29) is 17.2 Å². The van der Waals surface area contributed by atoms with Gasteiger partial charge in [0.25, 0.3) is 0 Å². The summed E-state index contributed by atoms with van der Waals surface area (Å²) in [6.45, 7) is 12.0. The molecule has 0 saturated heterocycles. The van der Waals surface area contributed by atoms with Crippen LogP contribution in [0.3, 0.4) is 0 Å². The molecule has 0 spiro atoms. The first-order valence-corrected chi connectivity index (χ1v) is 12.6. The quantitative estimate of drug-likeness (QED) is 0.345. The maximum atomic E-state index is 13.4. The van der Waals surface area contributed by atoms with Crippen LogP contribution in [-0.2, 0) is 16.1 Å². The van der Waals surface area contributed by atoms with Crippen molar-refractivity contribution in [3.8, 4) is 0 Å². The number of carbonyl (C=O) groups is 2. The normalized spacial score (nSPS) is 13.6. The van der Waals surface area contributed by atoms with Crippen LogP contribution >= 0.6 is 11.3 Å². The van der Waals surface area contributed by atoms with Crippen LogP contribution in [0, 0.1) is 5.41 Å². The molecule has 1 aromatic heterocycles. The fourth-order valence-electron chi connectivity index (χ4n) is 3.60. The first-order chi connectivity index (χ1) is 15.6. The summed E-state index contributed by atoms with van der Waals surface area (Å²) in [5.41, 5.74) is 13.1. The Morgan fingerprint density at radius 3 is 2.67 bits per heavy atom. The molecule has 184 valence electrons. The number of carbonyl (C=O) groups excluding carboxylic acids is 2. The lowest BCUT2D eigenvalue weighted by atomic mass is 9.92. The van der Waals surface area contributed by atoms with Crippen LogP contribution < -0.4 is 22.1 Å². The number of amides is 2. The third-order valence-corrected chi connectivity index (χ3v) is 6.10. The highest BCUT2D eigenvalue weighted by Crippen LogP contribution is 2.34. The Balaban J connectivity index is 2.03. The van der Waals surface area contributed by atoms with Crippen LogP contribution in [0.4, 0.5) is 5.69 Å². The van der Waals surface area contributed by atoms with E-state index in [1.807, 2.05) is 37.8 Å². The van der Waals surface area contributed by atoms with Crippen LogP contribution in [0.5, 0.6) is 0 Å². The fraction of sp³-hybridized carbons (Fsp3) is 0.625. The average molecular weight is 477 g/mol. The Hall–Kier alpha value is -2.23. The summed E-state index contributed by atoms with van der Waals surface area (Å²) in [6, 6.07) is 2.02. The molecule has 0 atom stereocenters. The van der Waals surface area contributed by atoms with Crippen molar-refractivity contribution in [2.75, 3.05) is 32.7 Å².